The van der Waals surface area contributed by atoms with Gasteiger partial charge in [0, 0.05) is 20.3 Å². The number of carbonyl (C=O) groups excluding carboxylic acids is 2. The number of piperidine rings is 1. The predicted octanol–water partition coefficient (Wildman–Crippen LogP) is 2.02. The number of carbonyl (C=O) groups is 2. The van der Waals surface area contributed by atoms with Gasteiger partial charge in [-0.2, -0.15) is 5.10 Å². The van der Waals surface area contributed by atoms with E-state index in [4.69, 9.17) is 0 Å². The summed E-state index contributed by atoms with van der Waals surface area (Å²) in [4.78, 5) is 24.6. The Kier molecular flexibility index (Phi) is 5.19. The number of H-pyrrole nitrogens is 1. The van der Waals surface area contributed by atoms with Gasteiger partial charge < -0.3 is 20.5 Å². The summed E-state index contributed by atoms with van der Waals surface area (Å²) in [5, 5.41) is 23.1. The maximum absolute atomic E-state index is 13.7. The first-order valence-corrected chi connectivity index (χ1v) is 8.42. The first-order chi connectivity index (χ1) is 12.8. The summed E-state index contributed by atoms with van der Waals surface area (Å²) in [6.07, 6.45) is 2.27. The molecule has 10 heteroatoms. The van der Waals surface area contributed by atoms with E-state index in [9.17, 15) is 23.6 Å². The van der Waals surface area contributed by atoms with E-state index < -0.39 is 29.0 Å². The van der Waals surface area contributed by atoms with E-state index in [0.29, 0.717) is 25.9 Å². The lowest BCUT2D eigenvalue weighted by Crippen LogP contribution is -2.50. The van der Waals surface area contributed by atoms with Crippen LogP contribution in [0.25, 0.3) is 0 Å². The SMILES string of the molecule is C[N+]1([O-])CCC(NC(=O)c2cn[nH]c2NC(=O)c2c(F)cccc2F)CC1.[HH]. The molecule has 1 fully saturated rings. The normalized spacial score (nSPS) is 22.3. The monoisotopic (exact) mass is 381 g/mol. The molecule has 0 atom stereocenters. The molecule has 3 rings (SSSR count). The van der Waals surface area contributed by atoms with E-state index in [1.165, 1.54) is 6.20 Å². The number of likely N-dealkylation sites (tertiary alicyclic amines) is 1. The number of rotatable bonds is 4. The molecule has 0 radical (unpaired) electrons. The van der Waals surface area contributed by atoms with Crippen molar-refractivity contribution in [3.63, 3.8) is 0 Å². The number of amides is 2. The highest BCUT2D eigenvalue weighted by Crippen LogP contribution is 2.19. The van der Waals surface area contributed by atoms with Crippen molar-refractivity contribution in [3.05, 3.63) is 52.4 Å². The number of nitrogens with one attached hydrogen (secondary N) is 3. The number of hydrogen-bond donors (Lipinski definition) is 3. The number of aromatic nitrogens is 2. The Hall–Kier alpha value is -2.85. The third-order valence-corrected chi connectivity index (χ3v) is 4.55. The lowest BCUT2D eigenvalue weighted by atomic mass is 10.0. The zero-order valence-corrected chi connectivity index (χ0v) is 14.6. The molecule has 2 aromatic rings. The Balaban J connectivity index is 0.00000280. The zero-order valence-electron chi connectivity index (χ0n) is 14.6. The molecule has 1 saturated heterocycles. The topological polar surface area (TPSA) is 110 Å². The number of aromatic amines is 1. The van der Waals surface area contributed by atoms with Gasteiger partial charge in [-0.05, 0) is 12.1 Å². The Morgan fingerprint density at radius 3 is 2.52 bits per heavy atom. The van der Waals surface area contributed by atoms with Crippen LogP contribution in [-0.2, 0) is 0 Å². The van der Waals surface area contributed by atoms with Gasteiger partial charge >= 0.3 is 0 Å². The van der Waals surface area contributed by atoms with Crippen LogP contribution in [0.4, 0.5) is 14.6 Å². The van der Waals surface area contributed by atoms with Gasteiger partial charge in [-0.15, -0.1) is 0 Å². The van der Waals surface area contributed by atoms with Crippen LogP contribution < -0.4 is 10.6 Å². The van der Waals surface area contributed by atoms with E-state index in [-0.39, 0.29) is 23.5 Å². The van der Waals surface area contributed by atoms with Crippen LogP contribution in [0.15, 0.2) is 24.4 Å². The molecular formula is C17H21F2N5O3. The fourth-order valence-electron chi connectivity index (χ4n) is 2.97. The second-order valence-electron chi connectivity index (χ2n) is 6.70. The average Bonchev–Trinajstić information content (AvgIpc) is 3.05. The number of quaternary nitrogens is 1. The molecule has 3 N–H and O–H groups in total. The van der Waals surface area contributed by atoms with Crippen molar-refractivity contribution in [1.82, 2.24) is 15.5 Å². The number of hydroxylamine groups is 3. The maximum Gasteiger partial charge on any atom is 0.262 e. The number of hydrogen-bond acceptors (Lipinski definition) is 4. The Morgan fingerprint density at radius 2 is 1.89 bits per heavy atom. The summed E-state index contributed by atoms with van der Waals surface area (Å²) in [6, 6.07) is 2.90. The maximum atomic E-state index is 13.7. The van der Waals surface area contributed by atoms with Gasteiger partial charge in [0.2, 0.25) is 0 Å². The van der Waals surface area contributed by atoms with E-state index in [2.05, 4.69) is 20.8 Å². The molecule has 0 spiro atoms. The van der Waals surface area contributed by atoms with Crippen LogP contribution in [0.1, 0.15) is 35.0 Å². The molecule has 1 aliphatic rings. The van der Waals surface area contributed by atoms with Crippen LogP contribution in [0.5, 0.6) is 0 Å². The third-order valence-electron chi connectivity index (χ3n) is 4.55. The number of halogens is 2. The van der Waals surface area contributed by atoms with Crippen molar-refractivity contribution in [2.75, 3.05) is 25.5 Å². The second-order valence-corrected chi connectivity index (χ2v) is 6.70. The Morgan fingerprint density at radius 1 is 1.26 bits per heavy atom. The smallest absolute Gasteiger partial charge is 0.262 e. The van der Waals surface area contributed by atoms with Crippen LogP contribution in [-0.4, -0.2) is 52.8 Å². The summed E-state index contributed by atoms with van der Waals surface area (Å²) < 4.78 is 27.1. The van der Waals surface area contributed by atoms with Crippen LogP contribution >= 0.6 is 0 Å². The summed E-state index contributed by atoms with van der Waals surface area (Å²) >= 11 is 0. The second kappa shape index (κ2) is 7.41. The van der Waals surface area contributed by atoms with Crippen molar-refractivity contribution in [2.45, 2.75) is 18.9 Å². The minimum atomic E-state index is -1.04. The lowest BCUT2D eigenvalue weighted by molar-refractivity contribution is -0.866. The Bertz CT molecular complexity index is 844. The Labute approximate surface area is 155 Å². The zero-order chi connectivity index (χ0) is 19.6. The van der Waals surface area contributed by atoms with Crippen molar-refractivity contribution < 1.29 is 24.4 Å². The molecule has 0 unspecified atom stereocenters. The van der Waals surface area contributed by atoms with E-state index >= 15 is 0 Å². The van der Waals surface area contributed by atoms with Crippen molar-refractivity contribution in [3.8, 4) is 0 Å². The fourth-order valence-corrected chi connectivity index (χ4v) is 2.97. The van der Waals surface area contributed by atoms with Crippen molar-refractivity contribution in [1.29, 1.82) is 0 Å². The minimum absolute atomic E-state index is 0. The average molecular weight is 381 g/mol. The summed E-state index contributed by atoms with van der Waals surface area (Å²) in [5.74, 6) is -3.64. The van der Waals surface area contributed by atoms with Crippen molar-refractivity contribution >= 4 is 17.6 Å². The molecule has 0 aliphatic carbocycles. The molecule has 0 saturated carbocycles. The van der Waals surface area contributed by atoms with Gasteiger partial charge in [-0.3, -0.25) is 14.7 Å². The highest BCUT2D eigenvalue weighted by molar-refractivity contribution is 6.08. The lowest BCUT2D eigenvalue weighted by Gasteiger charge is -2.44. The molecule has 27 heavy (non-hydrogen) atoms. The minimum Gasteiger partial charge on any atom is -0.633 e. The van der Waals surface area contributed by atoms with Crippen molar-refractivity contribution in [2.24, 2.45) is 0 Å². The standard InChI is InChI=1S/C17H19F2N5O3.H2/c1-24(27)7-5-10(6-8-24)21-16(25)11-9-20-23-15(11)22-17(26)14-12(18)3-2-4-13(14)19;/h2-4,9-10H,5-8H2,1H3,(H,21,25)(H2,20,22,23,26);1H. The van der Waals surface area contributed by atoms with Gasteiger partial charge in [0.15, 0.2) is 0 Å². The summed E-state index contributed by atoms with van der Waals surface area (Å²) in [5.41, 5.74) is -0.719. The highest BCUT2D eigenvalue weighted by Gasteiger charge is 2.27. The quantitative estimate of drug-likeness (QED) is 0.556. The predicted molar refractivity (Wildman–Crippen MR) is 94.8 cm³/mol. The first-order valence-electron chi connectivity index (χ1n) is 8.42. The van der Waals surface area contributed by atoms with Gasteiger partial charge in [-0.25, -0.2) is 8.78 Å². The largest absolute Gasteiger partial charge is 0.633 e. The summed E-state index contributed by atoms with van der Waals surface area (Å²) in [6.45, 7) is 0.791. The molecule has 1 aliphatic heterocycles. The number of anilines is 1. The molecule has 2 amide bonds. The van der Waals surface area contributed by atoms with Gasteiger partial charge in [0.1, 0.15) is 28.6 Å². The molecule has 1 aromatic carbocycles. The van der Waals surface area contributed by atoms with Gasteiger partial charge in [0.05, 0.1) is 26.3 Å². The molecule has 146 valence electrons. The molecule has 8 nitrogen and oxygen atoms in total. The van der Waals surface area contributed by atoms with E-state index in [0.717, 1.165) is 18.2 Å². The van der Waals surface area contributed by atoms with Crippen LogP contribution in [0, 0.1) is 16.8 Å². The fraction of sp³-hybridized carbons (Fsp3) is 0.353. The molecule has 0 bridgehead atoms. The van der Waals surface area contributed by atoms with Gasteiger partial charge in [0.25, 0.3) is 11.8 Å². The van der Waals surface area contributed by atoms with E-state index in [1.807, 2.05) is 0 Å². The first kappa shape index (κ1) is 18.9. The summed E-state index contributed by atoms with van der Waals surface area (Å²) in [7, 11) is 1.59. The number of nitrogens with zero attached hydrogens (tertiary/aromatic N) is 2. The highest BCUT2D eigenvalue weighted by atomic mass is 19.1. The van der Waals surface area contributed by atoms with Crippen LogP contribution in [0.2, 0.25) is 0 Å². The molecular weight excluding hydrogens is 360 g/mol. The van der Waals surface area contributed by atoms with E-state index in [1.54, 1.807) is 7.05 Å². The molecule has 1 aromatic heterocycles. The third kappa shape index (κ3) is 4.29. The van der Waals surface area contributed by atoms with Gasteiger partial charge in [-0.1, -0.05) is 6.07 Å². The van der Waals surface area contributed by atoms with Crippen LogP contribution in [0.3, 0.4) is 0 Å². The molecule has 2 heterocycles. The number of benzene rings is 1.